The number of halogens is 1. The summed E-state index contributed by atoms with van der Waals surface area (Å²) < 4.78 is 26.2. The van der Waals surface area contributed by atoms with Crippen molar-refractivity contribution in [2.75, 3.05) is 26.4 Å². The third kappa shape index (κ3) is 4.09. The van der Waals surface area contributed by atoms with Crippen LogP contribution in [0.3, 0.4) is 0 Å². The van der Waals surface area contributed by atoms with Gasteiger partial charge in [-0.3, -0.25) is 0 Å². The Morgan fingerprint density at radius 3 is 2.27 bits per heavy atom. The summed E-state index contributed by atoms with van der Waals surface area (Å²) in [6.45, 7) is 0.859. The number of nitrogens with two attached hydrogens (primary N) is 1. The van der Waals surface area contributed by atoms with E-state index in [4.69, 9.17) is 5.73 Å². The quantitative estimate of drug-likeness (QED) is 0.807. The maximum Gasteiger partial charge on any atom is 0.206 e. The number of hydrogen-bond donors (Lipinski definition) is 1. The predicted octanol–water partition coefficient (Wildman–Crippen LogP) is 2.97. The van der Waals surface area contributed by atoms with Gasteiger partial charge in [0.25, 0.3) is 0 Å². The molecule has 0 unspecified atom stereocenters. The number of rotatable bonds is 5. The number of nitrogen functional groups attached to an aromatic ring is 1. The van der Waals surface area contributed by atoms with Crippen LogP contribution in [0.4, 0.5) is 5.69 Å². The number of hydrogen-bond acceptors (Lipinski definition) is 4. The molecule has 2 N–H and O–H groups in total. The summed E-state index contributed by atoms with van der Waals surface area (Å²) in [4.78, 5) is 2.61. The highest BCUT2D eigenvalue weighted by Gasteiger charge is 2.18. The first kappa shape index (κ1) is 17.0. The molecule has 0 radical (unpaired) electrons. The third-order valence-electron chi connectivity index (χ3n) is 3.28. The molecule has 0 atom stereocenters. The van der Waals surface area contributed by atoms with Crippen LogP contribution in [0.15, 0.2) is 56.7 Å². The fraction of sp³-hybridized carbons (Fsp3) is 0.250. The molecule has 0 aliphatic carbocycles. The molecule has 0 saturated heterocycles. The molecule has 4 nitrogen and oxygen atoms in total. The lowest BCUT2D eigenvalue weighted by atomic mass is 10.1. The van der Waals surface area contributed by atoms with Crippen LogP contribution >= 0.6 is 15.9 Å². The fourth-order valence-electron chi connectivity index (χ4n) is 2.06. The van der Waals surface area contributed by atoms with Crippen molar-refractivity contribution in [1.29, 1.82) is 0 Å². The minimum atomic E-state index is -3.54. The van der Waals surface area contributed by atoms with E-state index in [1.165, 1.54) is 12.1 Å². The average Bonchev–Trinajstić information content (AvgIpc) is 2.45. The van der Waals surface area contributed by atoms with E-state index in [0.29, 0.717) is 10.6 Å². The van der Waals surface area contributed by atoms with Crippen LogP contribution in [0.1, 0.15) is 5.56 Å². The van der Waals surface area contributed by atoms with E-state index in [2.05, 4.69) is 20.8 Å². The molecule has 0 spiro atoms. The molecule has 0 aliphatic rings. The van der Waals surface area contributed by atoms with E-state index in [0.717, 1.165) is 23.0 Å². The van der Waals surface area contributed by atoms with Crippen LogP contribution in [-0.4, -0.2) is 34.0 Å². The van der Waals surface area contributed by atoms with Crippen molar-refractivity contribution in [2.24, 2.45) is 0 Å². The molecular formula is C16H19BrN2O2S. The second kappa shape index (κ2) is 6.81. The maximum atomic E-state index is 12.7. The molecule has 118 valence electrons. The van der Waals surface area contributed by atoms with Gasteiger partial charge in [0.2, 0.25) is 9.84 Å². The van der Waals surface area contributed by atoms with Gasteiger partial charge in [-0.1, -0.05) is 15.9 Å². The van der Waals surface area contributed by atoms with E-state index < -0.39 is 9.84 Å². The lowest BCUT2D eigenvalue weighted by molar-refractivity contribution is 0.413. The SMILES string of the molecule is CN(C)CCc1cc(Br)cc(S(=O)(=O)c2ccc(N)cc2)c1. The molecule has 0 heterocycles. The second-order valence-corrected chi connectivity index (χ2v) is 8.29. The summed E-state index contributed by atoms with van der Waals surface area (Å²) >= 11 is 3.40. The predicted molar refractivity (Wildman–Crippen MR) is 92.7 cm³/mol. The molecule has 22 heavy (non-hydrogen) atoms. The fourth-order valence-corrected chi connectivity index (χ4v) is 4.10. The molecule has 2 rings (SSSR count). The Balaban J connectivity index is 2.40. The first-order valence-corrected chi connectivity index (χ1v) is 9.11. The largest absolute Gasteiger partial charge is 0.399 e. The van der Waals surface area contributed by atoms with E-state index in [9.17, 15) is 8.42 Å². The number of nitrogens with zero attached hydrogens (tertiary/aromatic N) is 1. The number of sulfone groups is 1. The lowest BCUT2D eigenvalue weighted by Crippen LogP contribution is -2.15. The highest BCUT2D eigenvalue weighted by molar-refractivity contribution is 9.10. The van der Waals surface area contributed by atoms with Crippen molar-refractivity contribution in [3.63, 3.8) is 0 Å². The number of benzene rings is 2. The summed E-state index contributed by atoms with van der Waals surface area (Å²) in [6, 6.07) is 11.6. The van der Waals surface area contributed by atoms with Crippen molar-refractivity contribution in [3.05, 3.63) is 52.5 Å². The minimum Gasteiger partial charge on any atom is -0.399 e. The van der Waals surface area contributed by atoms with Crippen LogP contribution < -0.4 is 5.73 Å². The lowest BCUT2D eigenvalue weighted by Gasteiger charge is -2.11. The van der Waals surface area contributed by atoms with Crippen molar-refractivity contribution in [2.45, 2.75) is 16.2 Å². The van der Waals surface area contributed by atoms with Gasteiger partial charge in [-0.15, -0.1) is 0 Å². The summed E-state index contributed by atoms with van der Waals surface area (Å²) in [7, 11) is 0.442. The first-order valence-electron chi connectivity index (χ1n) is 6.84. The summed E-state index contributed by atoms with van der Waals surface area (Å²) in [5, 5.41) is 0. The van der Waals surface area contributed by atoms with Crippen LogP contribution in [-0.2, 0) is 16.3 Å². The van der Waals surface area contributed by atoms with Crippen LogP contribution in [0.25, 0.3) is 0 Å². The highest BCUT2D eigenvalue weighted by atomic mass is 79.9. The minimum absolute atomic E-state index is 0.248. The van der Waals surface area contributed by atoms with Crippen molar-refractivity contribution in [1.82, 2.24) is 4.90 Å². The Bertz CT molecular complexity index is 756. The second-order valence-electron chi connectivity index (χ2n) is 5.42. The molecule has 0 bridgehead atoms. The Labute approximate surface area is 140 Å². The van der Waals surface area contributed by atoms with Gasteiger partial charge in [0.05, 0.1) is 9.79 Å². The first-order chi connectivity index (χ1) is 10.3. The van der Waals surface area contributed by atoms with Gasteiger partial charge in [0, 0.05) is 16.7 Å². The Hall–Kier alpha value is -1.37. The standard InChI is InChI=1S/C16H19BrN2O2S/c1-19(2)8-7-12-9-13(17)11-16(10-12)22(20,21)15-5-3-14(18)4-6-15/h3-6,9-11H,7-8,18H2,1-2H3. The van der Waals surface area contributed by atoms with Gasteiger partial charge in [-0.05, 0) is 68.5 Å². The molecule has 0 amide bonds. The van der Waals surface area contributed by atoms with Crippen molar-refractivity contribution >= 4 is 31.5 Å². The van der Waals surface area contributed by atoms with E-state index in [-0.39, 0.29) is 4.90 Å². The molecule has 0 saturated carbocycles. The van der Waals surface area contributed by atoms with Gasteiger partial charge in [-0.25, -0.2) is 8.42 Å². The zero-order valence-corrected chi connectivity index (χ0v) is 15.0. The Morgan fingerprint density at radius 2 is 1.68 bits per heavy atom. The van der Waals surface area contributed by atoms with Gasteiger partial charge >= 0.3 is 0 Å². The van der Waals surface area contributed by atoms with Crippen LogP contribution in [0.5, 0.6) is 0 Å². The zero-order valence-electron chi connectivity index (χ0n) is 12.6. The molecule has 0 aliphatic heterocycles. The molecule has 2 aromatic rings. The number of anilines is 1. The van der Waals surface area contributed by atoms with Gasteiger partial charge in [0.15, 0.2) is 0 Å². The van der Waals surface area contributed by atoms with E-state index >= 15 is 0 Å². The van der Waals surface area contributed by atoms with Gasteiger partial charge in [0.1, 0.15) is 0 Å². The smallest absolute Gasteiger partial charge is 0.206 e. The normalized spacial score (nSPS) is 11.8. The van der Waals surface area contributed by atoms with Crippen molar-refractivity contribution in [3.8, 4) is 0 Å². The van der Waals surface area contributed by atoms with Gasteiger partial charge in [-0.2, -0.15) is 0 Å². The third-order valence-corrected chi connectivity index (χ3v) is 5.49. The summed E-state index contributed by atoms with van der Waals surface area (Å²) in [6.07, 6.45) is 0.788. The Kier molecular flexibility index (Phi) is 5.26. The molecule has 6 heteroatoms. The zero-order chi connectivity index (χ0) is 16.3. The monoisotopic (exact) mass is 382 g/mol. The van der Waals surface area contributed by atoms with Crippen LogP contribution in [0.2, 0.25) is 0 Å². The topological polar surface area (TPSA) is 63.4 Å². The molecule has 2 aromatic carbocycles. The van der Waals surface area contributed by atoms with E-state index in [1.54, 1.807) is 24.3 Å². The van der Waals surface area contributed by atoms with E-state index in [1.807, 2.05) is 20.2 Å². The van der Waals surface area contributed by atoms with Gasteiger partial charge < -0.3 is 10.6 Å². The van der Waals surface area contributed by atoms with Crippen molar-refractivity contribution < 1.29 is 8.42 Å². The summed E-state index contributed by atoms with van der Waals surface area (Å²) in [5.41, 5.74) is 7.14. The Morgan fingerprint density at radius 1 is 1.05 bits per heavy atom. The molecule has 0 aromatic heterocycles. The molecule has 0 fully saturated rings. The maximum absolute atomic E-state index is 12.7. The average molecular weight is 383 g/mol. The number of likely N-dealkylation sites (N-methyl/N-ethyl adjacent to an activating group) is 1. The highest BCUT2D eigenvalue weighted by Crippen LogP contribution is 2.26. The summed E-state index contributed by atoms with van der Waals surface area (Å²) in [5.74, 6) is 0. The van der Waals surface area contributed by atoms with Crippen LogP contribution in [0, 0.1) is 0 Å². The molecular weight excluding hydrogens is 364 g/mol.